The summed E-state index contributed by atoms with van der Waals surface area (Å²) >= 11 is 4.46. The third-order valence-corrected chi connectivity index (χ3v) is 5.10. The van der Waals surface area contributed by atoms with Crippen LogP contribution >= 0.6 is 12.2 Å². The first-order valence-corrected chi connectivity index (χ1v) is 9.32. The molecular weight excluding hydrogens is 345 g/mol. The van der Waals surface area contributed by atoms with Crippen molar-refractivity contribution in [3.8, 4) is 11.8 Å². The molecule has 5 heteroatoms. The summed E-state index contributed by atoms with van der Waals surface area (Å²) in [5.41, 5.74) is 2.20. The molecular formula is C21H20FN3S. The van der Waals surface area contributed by atoms with Crippen LogP contribution in [-0.2, 0) is 0 Å². The smallest absolute Gasteiger partial charge is 0.239 e. The molecule has 26 heavy (non-hydrogen) atoms. The van der Waals surface area contributed by atoms with Gasteiger partial charge in [-0.3, -0.25) is 0 Å². The second-order valence-electron chi connectivity index (χ2n) is 6.57. The van der Waals surface area contributed by atoms with Crippen molar-refractivity contribution in [3.05, 3.63) is 53.2 Å². The quantitative estimate of drug-likeness (QED) is 0.413. The Morgan fingerprint density at radius 3 is 2.50 bits per heavy atom. The predicted molar refractivity (Wildman–Crippen MR) is 104 cm³/mol. The van der Waals surface area contributed by atoms with Crippen LogP contribution in [0, 0.1) is 23.7 Å². The number of nitrogens with zero attached hydrogens (tertiary/aromatic N) is 3. The van der Waals surface area contributed by atoms with Gasteiger partial charge in [-0.15, -0.1) is 0 Å². The summed E-state index contributed by atoms with van der Waals surface area (Å²) in [7, 11) is 0. The van der Waals surface area contributed by atoms with Crippen LogP contribution in [-0.4, -0.2) is 15.1 Å². The Hall–Kier alpha value is -2.41. The van der Waals surface area contributed by atoms with Gasteiger partial charge in [0, 0.05) is 5.56 Å². The zero-order valence-corrected chi connectivity index (χ0v) is 15.5. The normalized spacial score (nSPS) is 19.2. The molecule has 1 saturated carbocycles. The van der Waals surface area contributed by atoms with Gasteiger partial charge in [0.25, 0.3) is 0 Å². The van der Waals surface area contributed by atoms with E-state index in [1.54, 1.807) is 0 Å². The van der Waals surface area contributed by atoms with E-state index in [9.17, 15) is 4.39 Å². The lowest BCUT2D eigenvalue weighted by molar-refractivity contribution is 0.319. The van der Waals surface area contributed by atoms with Gasteiger partial charge in [0.05, 0.1) is 11.4 Å². The third-order valence-electron chi connectivity index (χ3n) is 5.01. The molecule has 0 radical (unpaired) electrons. The summed E-state index contributed by atoms with van der Waals surface area (Å²) in [5, 5.41) is 2.13. The number of aromatic nitrogens is 2. The lowest BCUT2D eigenvalue weighted by Gasteiger charge is -2.28. The number of hydrogen-bond acceptors (Lipinski definition) is 4. The van der Waals surface area contributed by atoms with Crippen LogP contribution in [0.5, 0.6) is 0 Å². The van der Waals surface area contributed by atoms with E-state index in [1.165, 1.54) is 43.9 Å². The average molecular weight is 365 g/mol. The molecule has 0 aliphatic heterocycles. The van der Waals surface area contributed by atoms with Crippen LogP contribution in [0.3, 0.4) is 0 Å². The van der Waals surface area contributed by atoms with Crippen LogP contribution < -0.4 is 0 Å². The lowest BCUT2D eigenvalue weighted by Crippen LogP contribution is -2.12. The highest BCUT2D eigenvalue weighted by Crippen LogP contribution is 2.36. The molecule has 0 unspecified atom stereocenters. The maximum Gasteiger partial charge on any atom is 0.249 e. The summed E-state index contributed by atoms with van der Waals surface area (Å²) < 4.78 is 13.8. The molecule has 1 heterocycles. The fourth-order valence-electron chi connectivity index (χ4n) is 3.42. The first-order chi connectivity index (χ1) is 12.7. The first kappa shape index (κ1) is 18.4. The number of aliphatic imine (C=N–C) groups is 1. The maximum absolute atomic E-state index is 13.8. The van der Waals surface area contributed by atoms with Crippen LogP contribution in [0.25, 0.3) is 0 Å². The van der Waals surface area contributed by atoms with E-state index in [2.05, 4.69) is 63.2 Å². The molecule has 3 rings (SSSR count). The molecule has 0 atom stereocenters. The molecule has 0 N–H and O–H groups in total. The monoisotopic (exact) mass is 365 g/mol. The Bertz CT molecular complexity index is 868. The van der Waals surface area contributed by atoms with Crippen LogP contribution in [0.2, 0.25) is 0 Å². The number of benzene rings is 1. The molecule has 1 aliphatic carbocycles. The van der Waals surface area contributed by atoms with Gasteiger partial charge in [-0.1, -0.05) is 31.4 Å². The van der Waals surface area contributed by atoms with E-state index in [1.807, 2.05) is 12.1 Å². The Balaban J connectivity index is 1.69. The standard InChI is InChI=1S/C21H20FN3S/c1-2-15-3-8-17(9-4-15)18-10-5-16(6-11-18)7-12-19-21(22)25-20(13-23-19)24-14-26/h5-6,10-11,13,15,17H,2-4,8-9H2,1H3. The van der Waals surface area contributed by atoms with Crippen LogP contribution in [0.1, 0.15) is 61.8 Å². The van der Waals surface area contributed by atoms with E-state index >= 15 is 0 Å². The molecule has 3 nitrogen and oxygen atoms in total. The van der Waals surface area contributed by atoms with Gasteiger partial charge in [-0.25, -0.2) is 4.98 Å². The van der Waals surface area contributed by atoms with Crippen molar-refractivity contribution in [1.29, 1.82) is 0 Å². The van der Waals surface area contributed by atoms with E-state index in [0.717, 1.165) is 11.5 Å². The minimum Gasteiger partial charge on any atom is -0.239 e. The second-order valence-corrected chi connectivity index (χ2v) is 6.75. The van der Waals surface area contributed by atoms with Crippen LogP contribution in [0.15, 0.2) is 35.5 Å². The highest BCUT2D eigenvalue weighted by molar-refractivity contribution is 7.78. The van der Waals surface area contributed by atoms with Crippen molar-refractivity contribution in [1.82, 2.24) is 9.97 Å². The largest absolute Gasteiger partial charge is 0.249 e. The van der Waals surface area contributed by atoms with Gasteiger partial charge in [-0.2, -0.15) is 14.4 Å². The van der Waals surface area contributed by atoms with Gasteiger partial charge < -0.3 is 0 Å². The molecule has 0 saturated heterocycles. The van der Waals surface area contributed by atoms with E-state index < -0.39 is 5.95 Å². The predicted octanol–water partition coefficient (Wildman–Crippen LogP) is 5.43. The zero-order valence-electron chi connectivity index (χ0n) is 14.7. The molecule has 2 aromatic rings. The van der Waals surface area contributed by atoms with E-state index in [4.69, 9.17) is 0 Å². The molecule has 1 fully saturated rings. The number of rotatable bonds is 3. The van der Waals surface area contributed by atoms with Crippen molar-refractivity contribution in [2.24, 2.45) is 10.9 Å². The summed E-state index contributed by atoms with van der Waals surface area (Å²) in [6, 6.07) is 8.26. The lowest BCUT2D eigenvalue weighted by atomic mass is 9.78. The fraction of sp³-hybridized carbons (Fsp3) is 0.381. The summed E-state index contributed by atoms with van der Waals surface area (Å²) in [5.74, 6) is 6.54. The van der Waals surface area contributed by atoms with Crippen LogP contribution in [0.4, 0.5) is 10.2 Å². The van der Waals surface area contributed by atoms with Gasteiger partial charge in [0.2, 0.25) is 5.95 Å². The van der Waals surface area contributed by atoms with Gasteiger partial charge in [0.15, 0.2) is 11.5 Å². The van der Waals surface area contributed by atoms with Gasteiger partial charge in [0.1, 0.15) is 0 Å². The maximum atomic E-state index is 13.8. The Morgan fingerprint density at radius 2 is 1.88 bits per heavy atom. The molecule has 1 aromatic carbocycles. The molecule has 132 valence electrons. The number of hydrogen-bond donors (Lipinski definition) is 0. The van der Waals surface area contributed by atoms with Crippen molar-refractivity contribution in [2.45, 2.75) is 44.9 Å². The molecule has 0 bridgehead atoms. The highest BCUT2D eigenvalue weighted by atomic mass is 32.1. The minimum absolute atomic E-state index is 0.00437. The van der Waals surface area contributed by atoms with Gasteiger partial charge >= 0.3 is 0 Å². The Labute approximate surface area is 158 Å². The first-order valence-electron chi connectivity index (χ1n) is 8.92. The summed E-state index contributed by atoms with van der Waals surface area (Å²) in [4.78, 5) is 11.2. The third kappa shape index (κ3) is 4.60. The molecule has 0 amide bonds. The van der Waals surface area contributed by atoms with Crippen molar-refractivity contribution in [2.75, 3.05) is 0 Å². The molecule has 1 aliphatic rings. The number of isothiocyanates is 1. The fourth-order valence-corrected chi connectivity index (χ4v) is 3.51. The Morgan fingerprint density at radius 1 is 1.15 bits per heavy atom. The number of thiocarbonyl (C=S) groups is 1. The molecule has 1 aromatic heterocycles. The number of halogens is 1. The zero-order chi connectivity index (χ0) is 18.4. The SMILES string of the molecule is CCC1CCC(c2ccc(C#Cc3ncc(N=C=S)nc3F)cc2)CC1. The highest BCUT2D eigenvalue weighted by Gasteiger charge is 2.20. The Kier molecular flexibility index (Phi) is 6.22. The average Bonchev–Trinajstić information content (AvgIpc) is 2.68. The van der Waals surface area contributed by atoms with E-state index in [-0.39, 0.29) is 11.5 Å². The minimum atomic E-state index is -0.756. The summed E-state index contributed by atoms with van der Waals surface area (Å²) in [6.07, 6.45) is 7.79. The van der Waals surface area contributed by atoms with Crippen molar-refractivity contribution >= 4 is 23.2 Å². The second kappa shape index (κ2) is 8.80. The molecule has 0 spiro atoms. The van der Waals surface area contributed by atoms with Crippen molar-refractivity contribution in [3.63, 3.8) is 0 Å². The van der Waals surface area contributed by atoms with Gasteiger partial charge in [-0.05, 0) is 73.4 Å². The van der Waals surface area contributed by atoms with Crippen molar-refractivity contribution < 1.29 is 4.39 Å². The van der Waals surface area contributed by atoms with E-state index in [0.29, 0.717) is 5.92 Å². The summed E-state index contributed by atoms with van der Waals surface area (Å²) in [6.45, 7) is 2.28. The topological polar surface area (TPSA) is 38.1 Å².